The van der Waals surface area contributed by atoms with E-state index < -0.39 is 10.0 Å². The van der Waals surface area contributed by atoms with Crippen molar-refractivity contribution in [2.75, 3.05) is 0 Å². The van der Waals surface area contributed by atoms with E-state index in [-0.39, 0.29) is 17.3 Å². The summed E-state index contributed by atoms with van der Waals surface area (Å²) in [6.07, 6.45) is 0. The van der Waals surface area contributed by atoms with Crippen molar-refractivity contribution in [2.24, 2.45) is 0 Å². The molecule has 0 saturated heterocycles. The van der Waals surface area contributed by atoms with Crippen molar-refractivity contribution in [3.05, 3.63) is 64.5 Å². The summed E-state index contributed by atoms with van der Waals surface area (Å²) >= 11 is 3.27. The Morgan fingerprint density at radius 2 is 1.83 bits per heavy atom. The summed E-state index contributed by atoms with van der Waals surface area (Å²) in [5, 5.41) is 3.91. The molecule has 1 N–H and O–H groups in total. The zero-order valence-electron chi connectivity index (χ0n) is 12.7. The van der Waals surface area contributed by atoms with Crippen LogP contribution in [0.1, 0.15) is 11.5 Å². The summed E-state index contributed by atoms with van der Waals surface area (Å²) in [4.78, 5) is 4.41. The van der Waals surface area contributed by atoms with Gasteiger partial charge >= 0.3 is 0 Å². The van der Waals surface area contributed by atoms with Crippen LogP contribution in [0.25, 0.3) is 11.4 Å². The second kappa shape index (κ2) is 6.84. The van der Waals surface area contributed by atoms with E-state index in [2.05, 4.69) is 30.8 Å². The molecule has 0 fully saturated rings. The molecule has 0 radical (unpaired) electrons. The minimum Gasteiger partial charge on any atom is -0.338 e. The van der Waals surface area contributed by atoms with Crippen LogP contribution < -0.4 is 4.72 Å². The Bertz CT molecular complexity index is 953. The summed E-state index contributed by atoms with van der Waals surface area (Å²) in [5.74, 6) is 0.639. The van der Waals surface area contributed by atoms with Crippen molar-refractivity contribution in [3.8, 4) is 11.4 Å². The number of hydrogen-bond acceptors (Lipinski definition) is 5. The average molecular weight is 408 g/mol. The quantitative estimate of drug-likeness (QED) is 0.701. The highest BCUT2D eigenvalue weighted by molar-refractivity contribution is 9.10. The molecule has 0 saturated carbocycles. The molecule has 1 heterocycles. The minimum atomic E-state index is -3.64. The SMILES string of the molecule is Cc1ccccc1-c1noc(CNS(=O)(=O)c2ccc(Br)cc2)n1. The zero-order valence-corrected chi connectivity index (χ0v) is 15.1. The molecular weight excluding hydrogens is 394 g/mol. The molecule has 124 valence electrons. The summed E-state index contributed by atoms with van der Waals surface area (Å²) in [6.45, 7) is 1.87. The Hall–Kier alpha value is -2.03. The number of aryl methyl sites for hydroxylation is 1. The first-order chi connectivity index (χ1) is 11.5. The molecule has 0 unspecified atom stereocenters. The second-order valence-corrected chi connectivity index (χ2v) is 7.79. The number of sulfonamides is 1. The lowest BCUT2D eigenvalue weighted by molar-refractivity contribution is 0.376. The molecular formula is C16H14BrN3O3S. The van der Waals surface area contributed by atoms with Crippen LogP contribution in [0.15, 0.2) is 62.4 Å². The van der Waals surface area contributed by atoms with E-state index in [1.54, 1.807) is 12.1 Å². The number of benzene rings is 2. The van der Waals surface area contributed by atoms with Gasteiger partial charge in [0, 0.05) is 10.0 Å². The number of hydrogen-bond donors (Lipinski definition) is 1. The first kappa shape index (κ1) is 16.8. The fraction of sp³-hybridized carbons (Fsp3) is 0.125. The summed E-state index contributed by atoms with van der Waals surface area (Å²) in [7, 11) is -3.64. The fourth-order valence-electron chi connectivity index (χ4n) is 2.11. The molecule has 1 aromatic heterocycles. The van der Waals surface area contributed by atoms with Gasteiger partial charge in [-0.25, -0.2) is 13.1 Å². The molecule has 2 aromatic carbocycles. The van der Waals surface area contributed by atoms with Crippen molar-refractivity contribution >= 4 is 26.0 Å². The van der Waals surface area contributed by atoms with Gasteiger partial charge in [-0.15, -0.1) is 0 Å². The smallest absolute Gasteiger partial charge is 0.242 e. The van der Waals surface area contributed by atoms with Gasteiger partial charge in [0.2, 0.25) is 21.7 Å². The second-order valence-electron chi connectivity index (χ2n) is 5.11. The lowest BCUT2D eigenvalue weighted by Crippen LogP contribution is -2.23. The van der Waals surface area contributed by atoms with E-state index in [1.165, 1.54) is 12.1 Å². The Labute approximate surface area is 148 Å². The molecule has 0 aliphatic carbocycles. The molecule has 3 aromatic rings. The van der Waals surface area contributed by atoms with Crippen LogP contribution in [0, 0.1) is 6.92 Å². The number of halogens is 1. The molecule has 8 heteroatoms. The standard InChI is InChI=1S/C16H14BrN3O3S/c1-11-4-2-3-5-14(11)16-19-15(23-20-16)10-18-24(21,22)13-8-6-12(17)7-9-13/h2-9,18H,10H2,1H3. The topological polar surface area (TPSA) is 85.1 Å². The van der Waals surface area contributed by atoms with Crippen LogP contribution in [0.2, 0.25) is 0 Å². The largest absolute Gasteiger partial charge is 0.338 e. The molecule has 6 nitrogen and oxygen atoms in total. The predicted molar refractivity (Wildman–Crippen MR) is 92.6 cm³/mol. The molecule has 0 aliphatic heterocycles. The normalized spacial score (nSPS) is 11.6. The van der Waals surface area contributed by atoms with E-state index in [1.807, 2.05) is 31.2 Å². The van der Waals surface area contributed by atoms with E-state index in [4.69, 9.17) is 4.52 Å². The number of rotatable bonds is 5. The maximum atomic E-state index is 12.2. The van der Waals surface area contributed by atoms with Crippen LogP contribution in [-0.4, -0.2) is 18.6 Å². The van der Waals surface area contributed by atoms with Crippen LogP contribution in [0.3, 0.4) is 0 Å². The van der Waals surface area contributed by atoms with Crippen LogP contribution in [0.4, 0.5) is 0 Å². The third kappa shape index (κ3) is 3.72. The summed E-state index contributed by atoms with van der Waals surface area (Å²) in [5.41, 5.74) is 1.86. The maximum absolute atomic E-state index is 12.2. The lowest BCUT2D eigenvalue weighted by Gasteiger charge is -2.04. The molecule has 24 heavy (non-hydrogen) atoms. The van der Waals surface area contributed by atoms with Gasteiger partial charge in [-0.3, -0.25) is 0 Å². The van der Waals surface area contributed by atoms with Gasteiger partial charge in [0.15, 0.2) is 0 Å². The minimum absolute atomic E-state index is 0.0721. The van der Waals surface area contributed by atoms with Crippen molar-refractivity contribution in [3.63, 3.8) is 0 Å². The highest BCUT2D eigenvalue weighted by Crippen LogP contribution is 2.20. The number of nitrogens with one attached hydrogen (secondary N) is 1. The van der Waals surface area contributed by atoms with E-state index >= 15 is 0 Å². The van der Waals surface area contributed by atoms with E-state index in [9.17, 15) is 8.42 Å². The van der Waals surface area contributed by atoms with E-state index in [0.717, 1.165) is 15.6 Å². The fourth-order valence-corrected chi connectivity index (χ4v) is 3.35. The van der Waals surface area contributed by atoms with Gasteiger partial charge < -0.3 is 4.52 Å². The summed E-state index contributed by atoms with van der Waals surface area (Å²) in [6, 6.07) is 14.0. The predicted octanol–water partition coefficient (Wildman–Crippen LogP) is 3.29. The Kier molecular flexibility index (Phi) is 4.79. The first-order valence-corrected chi connectivity index (χ1v) is 9.37. The first-order valence-electron chi connectivity index (χ1n) is 7.09. The van der Waals surface area contributed by atoms with Gasteiger partial charge in [0.05, 0.1) is 11.4 Å². The third-order valence-corrected chi connectivity index (χ3v) is 5.34. The van der Waals surface area contributed by atoms with Crippen LogP contribution in [-0.2, 0) is 16.6 Å². The maximum Gasteiger partial charge on any atom is 0.242 e. The number of aromatic nitrogens is 2. The molecule has 0 bridgehead atoms. The molecule has 3 rings (SSSR count). The van der Waals surface area contributed by atoms with Crippen molar-refractivity contribution in [1.82, 2.24) is 14.9 Å². The van der Waals surface area contributed by atoms with Gasteiger partial charge in [0.25, 0.3) is 0 Å². The van der Waals surface area contributed by atoms with Crippen molar-refractivity contribution in [1.29, 1.82) is 0 Å². The van der Waals surface area contributed by atoms with Crippen molar-refractivity contribution < 1.29 is 12.9 Å². The van der Waals surface area contributed by atoms with Crippen molar-refractivity contribution in [2.45, 2.75) is 18.4 Å². The van der Waals surface area contributed by atoms with Crippen LogP contribution >= 0.6 is 15.9 Å². The molecule has 0 spiro atoms. The third-order valence-electron chi connectivity index (χ3n) is 3.39. The molecule has 0 atom stereocenters. The molecule has 0 aliphatic rings. The van der Waals surface area contributed by atoms with Gasteiger partial charge in [0.1, 0.15) is 0 Å². The highest BCUT2D eigenvalue weighted by atomic mass is 79.9. The lowest BCUT2D eigenvalue weighted by atomic mass is 10.1. The van der Waals surface area contributed by atoms with E-state index in [0.29, 0.717) is 5.82 Å². The molecule has 0 amide bonds. The number of nitrogens with zero attached hydrogens (tertiary/aromatic N) is 2. The van der Waals surface area contributed by atoms with Crippen LogP contribution in [0.5, 0.6) is 0 Å². The summed E-state index contributed by atoms with van der Waals surface area (Å²) < 4.78 is 32.8. The van der Waals surface area contributed by atoms with Gasteiger partial charge in [-0.05, 0) is 36.8 Å². The van der Waals surface area contributed by atoms with Gasteiger partial charge in [-0.1, -0.05) is 45.4 Å². The Balaban J connectivity index is 1.74. The van der Waals surface area contributed by atoms with Gasteiger partial charge in [-0.2, -0.15) is 4.98 Å². The monoisotopic (exact) mass is 407 g/mol. The average Bonchev–Trinajstić information content (AvgIpc) is 3.03. The zero-order chi connectivity index (χ0) is 17.2. The Morgan fingerprint density at radius 1 is 1.12 bits per heavy atom. The Morgan fingerprint density at radius 3 is 2.54 bits per heavy atom. The highest BCUT2D eigenvalue weighted by Gasteiger charge is 2.16.